The van der Waals surface area contributed by atoms with Crippen LogP contribution >= 0.6 is 0 Å². The standard InChI is InChI=1S/C62H46N2/c1-41-16-14-18-44(36-41)52-24-9-8-23-51(52)43-31-33-49(34-32-43)63(60-40-47-37-42(2)30-35-53(47)55-26-10-11-27-56(55)60)50-22-15-19-45(38-50)58-39-46-17-6-7-25-54(46)62-61(58)57-28-12-13-29-59(57)64(62)48-20-4-3-5-21-48/h3-15,17-41H,16H2,1-2H3. The summed E-state index contributed by atoms with van der Waals surface area (Å²) in [5.74, 6) is 0.522. The minimum Gasteiger partial charge on any atom is -0.310 e. The van der Waals surface area contributed by atoms with Crippen molar-refractivity contribution >= 4 is 76.8 Å². The zero-order valence-corrected chi connectivity index (χ0v) is 36.0. The molecule has 1 unspecified atom stereocenters. The fraction of sp³-hybridized carbons (Fsp3) is 0.0645. The molecule has 1 heterocycles. The van der Waals surface area contributed by atoms with Gasteiger partial charge in [0.15, 0.2) is 0 Å². The van der Waals surface area contributed by atoms with Gasteiger partial charge < -0.3 is 9.47 Å². The molecule has 1 aliphatic rings. The molecule has 1 aliphatic carbocycles. The second-order valence-electron chi connectivity index (χ2n) is 17.4. The molecule has 10 aromatic carbocycles. The van der Waals surface area contributed by atoms with Gasteiger partial charge in [-0.25, -0.2) is 0 Å². The van der Waals surface area contributed by atoms with E-state index in [-0.39, 0.29) is 0 Å². The molecule has 0 N–H and O–H groups in total. The first-order valence-corrected chi connectivity index (χ1v) is 22.5. The molecule has 0 fully saturated rings. The summed E-state index contributed by atoms with van der Waals surface area (Å²) in [5, 5.41) is 9.90. The highest BCUT2D eigenvalue weighted by atomic mass is 15.1. The van der Waals surface area contributed by atoms with Crippen LogP contribution in [0, 0.1) is 12.8 Å². The predicted octanol–water partition coefficient (Wildman–Crippen LogP) is 17.3. The molecular weight excluding hydrogens is 773 g/mol. The van der Waals surface area contributed by atoms with Crippen molar-refractivity contribution in [3.8, 4) is 27.9 Å². The molecule has 0 saturated heterocycles. The number of benzene rings is 10. The third-order valence-corrected chi connectivity index (χ3v) is 13.3. The van der Waals surface area contributed by atoms with E-state index in [1.807, 2.05) is 0 Å². The van der Waals surface area contributed by atoms with Crippen LogP contribution in [0.1, 0.15) is 24.5 Å². The molecule has 0 amide bonds. The van der Waals surface area contributed by atoms with E-state index in [4.69, 9.17) is 0 Å². The van der Waals surface area contributed by atoms with Crippen LogP contribution in [0.5, 0.6) is 0 Å². The Kier molecular flexibility index (Phi) is 9.12. The lowest BCUT2D eigenvalue weighted by Gasteiger charge is -2.28. The Morgan fingerprint density at radius 3 is 2.03 bits per heavy atom. The Bertz CT molecular complexity index is 3660. The minimum absolute atomic E-state index is 0.522. The van der Waals surface area contributed by atoms with Gasteiger partial charge in [-0.15, -0.1) is 0 Å². The average Bonchev–Trinajstić information content (AvgIpc) is 3.70. The highest BCUT2D eigenvalue weighted by molar-refractivity contribution is 6.24. The van der Waals surface area contributed by atoms with Crippen molar-refractivity contribution in [3.05, 3.63) is 236 Å². The second-order valence-corrected chi connectivity index (χ2v) is 17.4. The van der Waals surface area contributed by atoms with Gasteiger partial charge >= 0.3 is 0 Å². The first kappa shape index (κ1) is 37.8. The van der Waals surface area contributed by atoms with Gasteiger partial charge in [-0.3, -0.25) is 0 Å². The number of anilines is 3. The SMILES string of the molecule is Cc1ccc2c(c1)cc(N(c1ccc(-c3ccccc3C3=CC(C)CC=C3)cc1)c1cccc(-c3cc4ccccc4c4c3c3ccccc3n4-c3ccccc3)c1)c1ccccc12. The van der Waals surface area contributed by atoms with E-state index in [9.17, 15) is 0 Å². The zero-order chi connectivity index (χ0) is 42.7. The first-order chi connectivity index (χ1) is 31.6. The fourth-order valence-corrected chi connectivity index (χ4v) is 10.3. The highest BCUT2D eigenvalue weighted by Crippen LogP contribution is 2.47. The van der Waals surface area contributed by atoms with Crippen molar-refractivity contribution in [2.24, 2.45) is 5.92 Å². The number of rotatable bonds is 7. The number of nitrogens with zero attached hydrogens (tertiary/aromatic N) is 2. The maximum Gasteiger partial charge on any atom is 0.0625 e. The third-order valence-electron chi connectivity index (χ3n) is 13.3. The van der Waals surface area contributed by atoms with E-state index in [1.54, 1.807) is 0 Å². The molecule has 0 aliphatic heterocycles. The fourth-order valence-electron chi connectivity index (χ4n) is 10.3. The minimum atomic E-state index is 0.522. The van der Waals surface area contributed by atoms with E-state index >= 15 is 0 Å². The van der Waals surface area contributed by atoms with Crippen molar-refractivity contribution in [2.75, 3.05) is 4.90 Å². The molecule has 0 radical (unpaired) electrons. The largest absolute Gasteiger partial charge is 0.310 e. The number of fused-ring (bicyclic) bond motifs is 8. The van der Waals surface area contributed by atoms with Crippen molar-refractivity contribution < 1.29 is 0 Å². The van der Waals surface area contributed by atoms with Crippen LogP contribution in [0.25, 0.3) is 87.6 Å². The normalized spacial score (nSPS) is 13.9. The lowest BCUT2D eigenvalue weighted by Crippen LogP contribution is -2.11. The van der Waals surface area contributed by atoms with Crippen LogP contribution in [0.3, 0.4) is 0 Å². The summed E-state index contributed by atoms with van der Waals surface area (Å²) in [5.41, 5.74) is 15.6. The Morgan fingerprint density at radius 1 is 0.484 bits per heavy atom. The number of aryl methyl sites for hydroxylation is 1. The average molecular weight is 819 g/mol. The molecule has 304 valence electrons. The molecule has 0 spiro atoms. The van der Waals surface area contributed by atoms with Gasteiger partial charge in [-0.05, 0) is 129 Å². The second kappa shape index (κ2) is 15.4. The van der Waals surface area contributed by atoms with Gasteiger partial charge in [-0.2, -0.15) is 0 Å². The summed E-state index contributed by atoms with van der Waals surface area (Å²) < 4.78 is 2.46. The third kappa shape index (κ3) is 6.33. The van der Waals surface area contributed by atoms with Crippen molar-refractivity contribution in [1.82, 2.24) is 4.57 Å². The van der Waals surface area contributed by atoms with E-state index in [1.165, 1.54) is 93.1 Å². The van der Waals surface area contributed by atoms with E-state index in [0.717, 1.165) is 29.2 Å². The molecule has 12 rings (SSSR count). The summed E-state index contributed by atoms with van der Waals surface area (Å²) in [6.07, 6.45) is 8.10. The van der Waals surface area contributed by atoms with Gasteiger partial charge in [0.2, 0.25) is 0 Å². The number of hydrogen-bond acceptors (Lipinski definition) is 1. The summed E-state index contributed by atoms with van der Waals surface area (Å²) in [6.45, 7) is 4.49. The van der Waals surface area contributed by atoms with Crippen LogP contribution in [0.4, 0.5) is 17.1 Å². The van der Waals surface area contributed by atoms with E-state index < -0.39 is 0 Å². The topological polar surface area (TPSA) is 8.17 Å². The van der Waals surface area contributed by atoms with Gasteiger partial charge in [0.25, 0.3) is 0 Å². The smallest absolute Gasteiger partial charge is 0.0625 e. The highest BCUT2D eigenvalue weighted by Gasteiger charge is 2.22. The van der Waals surface area contributed by atoms with Crippen LogP contribution in [-0.4, -0.2) is 4.57 Å². The van der Waals surface area contributed by atoms with Crippen LogP contribution in [-0.2, 0) is 0 Å². The lowest BCUT2D eigenvalue weighted by atomic mass is 9.89. The molecule has 1 aromatic heterocycles. The maximum atomic E-state index is 2.48. The summed E-state index contributed by atoms with van der Waals surface area (Å²) in [7, 11) is 0. The summed E-state index contributed by atoms with van der Waals surface area (Å²) >= 11 is 0. The molecule has 64 heavy (non-hydrogen) atoms. The Balaban J connectivity index is 1.09. The maximum absolute atomic E-state index is 2.48. The molecule has 11 aromatic rings. The van der Waals surface area contributed by atoms with E-state index in [0.29, 0.717) is 5.92 Å². The van der Waals surface area contributed by atoms with Crippen LogP contribution < -0.4 is 4.90 Å². The summed E-state index contributed by atoms with van der Waals surface area (Å²) in [4.78, 5) is 2.48. The molecular formula is C62H46N2. The van der Waals surface area contributed by atoms with Crippen molar-refractivity contribution in [2.45, 2.75) is 20.3 Å². The zero-order valence-electron chi connectivity index (χ0n) is 36.0. The monoisotopic (exact) mass is 818 g/mol. The molecule has 0 bridgehead atoms. The van der Waals surface area contributed by atoms with Crippen LogP contribution in [0.15, 0.2) is 224 Å². The Labute approximate surface area is 374 Å². The number of para-hydroxylation sites is 2. The first-order valence-electron chi connectivity index (χ1n) is 22.5. The van der Waals surface area contributed by atoms with Gasteiger partial charge in [0.1, 0.15) is 0 Å². The summed E-state index contributed by atoms with van der Waals surface area (Å²) in [6, 6.07) is 76.3. The quantitative estimate of drug-likeness (QED) is 0.145. The number of aromatic nitrogens is 1. The van der Waals surface area contributed by atoms with E-state index in [2.05, 4.69) is 248 Å². The molecule has 2 heteroatoms. The van der Waals surface area contributed by atoms with Crippen molar-refractivity contribution in [1.29, 1.82) is 0 Å². The molecule has 0 saturated carbocycles. The van der Waals surface area contributed by atoms with Gasteiger partial charge in [0.05, 0.1) is 16.7 Å². The van der Waals surface area contributed by atoms with Gasteiger partial charge in [0, 0.05) is 38.6 Å². The predicted molar refractivity (Wildman–Crippen MR) is 274 cm³/mol. The van der Waals surface area contributed by atoms with Crippen LogP contribution in [0.2, 0.25) is 0 Å². The molecule has 1 atom stereocenters. The number of allylic oxidation sites excluding steroid dienone is 4. The Hall–Kier alpha value is -7.94. The Morgan fingerprint density at radius 2 is 1.20 bits per heavy atom. The lowest BCUT2D eigenvalue weighted by molar-refractivity contribution is 0.740. The molecule has 2 nitrogen and oxygen atoms in total. The number of hydrogen-bond donors (Lipinski definition) is 0. The van der Waals surface area contributed by atoms with Gasteiger partial charge in [-0.1, -0.05) is 182 Å². The van der Waals surface area contributed by atoms with Crippen molar-refractivity contribution in [3.63, 3.8) is 0 Å².